The zero-order chi connectivity index (χ0) is 14.0. The van der Waals surface area contributed by atoms with Gasteiger partial charge in [-0.3, -0.25) is 4.79 Å². The fraction of sp³-hybridized carbons (Fsp3) is 0.0909. The molecule has 0 radical (unpaired) electrons. The van der Waals surface area contributed by atoms with E-state index in [2.05, 4.69) is 9.84 Å². The lowest BCUT2D eigenvalue weighted by atomic mass is 10.3. The second kappa shape index (κ2) is 4.63. The first-order valence-electron chi connectivity index (χ1n) is 5.07. The molecule has 19 heavy (non-hydrogen) atoms. The molecule has 0 aliphatic rings. The van der Waals surface area contributed by atoms with Crippen LogP contribution < -0.4 is 16.0 Å². The summed E-state index contributed by atoms with van der Waals surface area (Å²) in [6.45, 7) is 0. The van der Waals surface area contributed by atoms with E-state index in [0.29, 0.717) is 0 Å². The molecule has 0 bridgehead atoms. The number of ether oxygens (including phenoxy) is 1. The van der Waals surface area contributed by atoms with Gasteiger partial charge in [0, 0.05) is 0 Å². The summed E-state index contributed by atoms with van der Waals surface area (Å²) in [5, 5.41) is 3.77. The maximum absolute atomic E-state index is 12.0. The van der Waals surface area contributed by atoms with Gasteiger partial charge in [-0.15, -0.1) is 13.2 Å². The lowest BCUT2D eigenvalue weighted by Gasteiger charge is -2.09. The smallest absolute Gasteiger partial charge is 0.406 e. The number of benzene rings is 1. The summed E-state index contributed by atoms with van der Waals surface area (Å²) in [4.78, 5) is 11.6. The standard InChI is InChI=1S/C11H8F3N3O2/c12-11(13,14)19-8-3-1-7(2-4-8)17-10(18)9(15)5-6-16-17/h1-6H,15H2. The highest BCUT2D eigenvalue weighted by molar-refractivity contribution is 5.40. The largest absolute Gasteiger partial charge is 0.573 e. The van der Waals surface area contributed by atoms with E-state index in [1.54, 1.807) is 0 Å². The average Bonchev–Trinajstić information content (AvgIpc) is 2.32. The molecular formula is C11H8F3N3O2. The van der Waals surface area contributed by atoms with E-state index in [4.69, 9.17) is 5.73 Å². The number of nitrogens with zero attached hydrogens (tertiary/aromatic N) is 2. The summed E-state index contributed by atoms with van der Waals surface area (Å²) >= 11 is 0. The SMILES string of the molecule is Nc1ccnn(-c2ccc(OC(F)(F)F)cc2)c1=O. The van der Waals surface area contributed by atoms with Crippen molar-refractivity contribution in [1.29, 1.82) is 0 Å². The number of halogens is 3. The number of anilines is 1. The molecule has 0 unspecified atom stereocenters. The third-order valence-electron chi connectivity index (χ3n) is 2.19. The number of rotatable bonds is 2. The molecule has 100 valence electrons. The van der Waals surface area contributed by atoms with E-state index in [1.165, 1.54) is 24.4 Å². The van der Waals surface area contributed by atoms with Gasteiger partial charge >= 0.3 is 6.36 Å². The van der Waals surface area contributed by atoms with Crippen molar-refractivity contribution in [2.45, 2.75) is 6.36 Å². The van der Waals surface area contributed by atoms with Crippen molar-refractivity contribution in [3.63, 3.8) is 0 Å². The molecule has 1 heterocycles. The second-order valence-electron chi connectivity index (χ2n) is 3.55. The van der Waals surface area contributed by atoms with E-state index in [1.807, 2.05) is 0 Å². The Kier molecular flexibility index (Phi) is 3.16. The van der Waals surface area contributed by atoms with Crippen molar-refractivity contribution in [2.75, 3.05) is 5.73 Å². The number of hydrogen-bond acceptors (Lipinski definition) is 4. The number of nitrogens with two attached hydrogens (primary N) is 1. The molecule has 1 aromatic heterocycles. The monoisotopic (exact) mass is 271 g/mol. The summed E-state index contributed by atoms with van der Waals surface area (Å²) in [6.07, 6.45) is -3.44. The van der Waals surface area contributed by atoms with Crippen LogP contribution >= 0.6 is 0 Å². The van der Waals surface area contributed by atoms with Gasteiger partial charge in [-0.05, 0) is 30.3 Å². The first kappa shape index (κ1) is 12.9. The lowest BCUT2D eigenvalue weighted by Crippen LogP contribution is -2.23. The number of alkyl halides is 3. The van der Waals surface area contributed by atoms with Gasteiger partial charge in [0.05, 0.1) is 11.9 Å². The molecule has 2 rings (SSSR count). The van der Waals surface area contributed by atoms with Crippen LogP contribution in [0.3, 0.4) is 0 Å². The Hall–Kier alpha value is -2.51. The Bertz CT molecular complexity index is 635. The van der Waals surface area contributed by atoms with Gasteiger partial charge in [0.25, 0.3) is 5.56 Å². The van der Waals surface area contributed by atoms with Gasteiger partial charge in [0.1, 0.15) is 11.4 Å². The van der Waals surface area contributed by atoms with Crippen molar-refractivity contribution in [2.24, 2.45) is 0 Å². The highest BCUT2D eigenvalue weighted by Crippen LogP contribution is 2.23. The molecule has 8 heteroatoms. The maximum atomic E-state index is 12.0. The number of nitrogen functional groups attached to an aromatic ring is 1. The summed E-state index contributed by atoms with van der Waals surface area (Å²) in [5.41, 5.74) is 5.15. The fourth-order valence-electron chi connectivity index (χ4n) is 1.40. The Morgan fingerprint density at radius 2 is 1.79 bits per heavy atom. The van der Waals surface area contributed by atoms with Crippen molar-refractivity contribution in [3.8, 4) is 11.4 Å². The van der Waals surface area contributed by atoms with Crippen molar-refractivity contribution < 1.29 is 17.9 Å². The summed E-state index contributed by atoms with van der Waals surface area (Å²) < 4.78 is 40.6. The van der Waals surface area contributed by atoms with Gasteiger partial charge in [-0.1, -0.05) is 0 Å². The minimum atomic E-state index is -4.76. The number of hydrogen-bond donors (Lipinski definition) is 1. The van der Waals surface area contributed by atoms with Gasteiger partial charge in [-0.25, -0.2) is 0 Å². The quantitative estimate of drug-likeness (QED) is 0.902. The first-order chi connectivity index (χ1) is 8.87. The molecule has 0 aliphatic carbocycles. The minimum Gasteiger partial charge on any atom is -0.406 e. The lowest BCUT2D eigenvalue weighted by molar-refractivity contribution is -0.274. The van der Waals surface area contributed by atoms with Gasteiger partial charge < -0.3 is 10.5 Å². The van der Waals surface area contributed by atoms with E-state index >= 15 is 0 Å². The Morgan fingerprint density at radius 1 is 1.16 bits per heavy atom. The van der Waals surface area contributed by atoms with Crippen LogP contribution in [-0.4, -0.2) is 16.1 Å². The minimum absolute atomic E-state index is 0.00869. The summed E-state index contributed by atoms with van der Waals surface area (Å²) in [5.74, 6) is -0.381. The van der Waals surface area contributed by atoms with Crippen molar-refractivity contribution in [1.82, 2.24) is 9.78 Å². The molecule has 2 N–H and O–H groups in total. The molecule has 0 amide bonds. The molecule has 0 saturated heterocycles. The molecule has 0 saturated carbocycles. The van der Waals surface area contributed by atoms with Crippen LogP contribution in [0.5, 0.6) is 5.75 Å². The first-order valence-corrected chi connectivity index (χ1v) is 5.07. The normalized spacial score (nSPS) is 11.3. The van der Waals surface area contributed by atoms with Crippen LogP contribution in [0.25, 0.3) is 5.69 Å². The highest BCUT2D eigenvalue weighted by Gasteiger charge is 2.30. The van der Waals surface area contributed by atoms with Gasteiger partial charge in [-0.2, -0.15) is 9.78 Å². The van der Waals surface area contributed by atoms with Crippen LogP contribution in [0.4, 0.5) is 18.9 Å². The third kappa shape index (κ3) is 3.03. The molecule has 2 aromatic rings. The van der Waals surface area contributed by atoms with E-state index < -0.39 is 11.9 Å². The molecule has 0 aliphatic heterocycles. The van der Waals surface area contributed by atoms with E-state index in [-0.39, 0.29) is 17.1 Å². The topological polar surface area (TPSA) is 70.1 Å². The molecule has 0 atom stereocenters. The zero-order valence-corrected chi connectivity index (χ0v) is 9.39. The predicted octanol–water partition coefficient (Wildman–Crippen LogP) is 1.71. The number of aromatic nitrogens is 2. The molecule has 5 nitrogen and oxygen atoms in total. The fourth-order valence-corrected chi connectivity index (χ4v) is 1.40. The third-order valence-corrected chi connectivity index (χ3v) is 2.19. The predicted molar refractivity (Wildman–Crippen MR) is 60.9 cm³/mol. The Labute approximate surface area is 105 Å². The van der Waals surface area contributed by atoms with Crippen LogP contribution in [-0.2, 0) is 0 Å². The Morgan fingerprint density at radius 3 is 2.37 bits per heavy atom. The summed E-state index contributed by atoms with van der Waals surface area (Å²) in [7, 11) is 0. The maximum Gasteiger partial charge on any atom is 0.573 e. The van der Waals surface area contributed by atoms with Crippen LogP contribution in [0.2, 0.25) is 0 Å². The molecule has 0 fully saturated rings. The summed E-state index contributed by atoms with van der Waals surface area (Å²) in [6, 6.07) is 6.05. The van der Waals surface area contributed by atoms with Gasteiger partial charge in [0.15, 0.2) is 0 Å². The molecule has 0 spiro atoms. The van der Waals surface area contributed by atoms with Crippen LogP contribution in [0.1, 0.15) is 0 Å². The molecule has 1 aromatic carbocycles. The van der Waals surface area contributed by atoms with Crippen LogP contribution in [0, 0.1) is 0 Å². The highest BCUT2D eigenvalue weighted by atomic mass is 19.4. The average molecular weight is 271 g/mol. The van der Waals surface area contributed by atoms with E-state index in [0.717, 1.165) is 16.8 Å². The molecular weight excluding hydrogens is 263 g/mol. The van der Waals surface area contributed by atoms with Gasteiger partial charge in [0.2, 0.25) is 0 Å². The Balaban J connectivity index is 2.33. The van der Waals surface area contributed by atoms with Crippen molar-refractivity contribution >= 4 is 5.69 Å². The van der Waals surface area contributed by atoms with Crippen LogP contribution in [0.15, 0.2) is 41.3 Å². The zero-order valence-electron chi connectivity index (χ0n) is 9.39. The van der Waals surface area contributed by atoms with E-state index in [9.17, 15) is 18.0 Å². The second-order valence-corrected chi connectivity index (χ2v) is 3.55. The van der Waals surface area contributed by atoms with Crippen molar-refractivity contribution in [3.05, 3.63) is 46.9 Å².